The fourth-order valence-corrected chi connectivity index (χ4v) is 1.04. The van der Waals surface area contributed by atoms with Gasteiger partial charge in [0.15, 0.2) is 0 Å². The molecular formula is C10H22N2O4. The molecule has 1 amide bonds. The van der Waals surface area contributed by atoms with Crippen LogP contribution in [0, 0.1) is 0 Å². The van der Waals surface area contributed by atoms with Crippen molar-refractivity contribution in [1.29, 1.82) is 0 Å². The Kier molecular flexibility index (Phi) is 11.8. The molecule has 96 valence electrons. The first-order valence-electron chi connectivity index (χ1n) is 5.46. The van der Waals surface area contributed by atoms with Crippen LogP contribution in [-0.4, -0.2) is 46.0 Å². The molecule has 0 aromatic rings. The van der Waals surface area contributed by atoms with E-state index in [1.807, 2.05) is 0 Å². The third-order valence-corrected chi connectivity index (χ3v) is 1.92. The zero-order chi connectivity index (χ0) is 12.1. The molecule has 0 aliphatic carbocycles. The average molecular weight is 234 g/mol. The number of nitrogens with two attached hydrogens (primary N) is 1. The van der Waals surface area contributed by atoms with Crippen LogP contribution in [0.3, 0.4) is 0 Å². The Hall–Kier alpha value is -0.690. The Morgan fingerprint density at radius 3 is 2.69 bits per heavy atom. The van der Waals surface area contributed by atoms with Gasteiger partial charge in [-0.25, -0.2) is 5.90 Å². The van der Waals surface area contributed by atoms with Crippen LogP contribution < -0.4 is 11.2 Å². The molecule has 0 aromatic heterocycles. The molecule has 0 aliphatic heterocycles. The number of nitrogens with one attached hydrogen (secondary N) is 1. The lowest BCUT2D eigenvalue weighted by molar-refractivity contribution is -0.122. The number of rotatable bonds is 11. The summed E-state index contributed by atoms with van der Waals surface area (Å²) >= 11 is 0. The van der Waals surface area contributed by atoms with E-state index < -0.39 is 0 Å². The van der Waals surface area contributed by atoms with Gasteiger partial charge < -0.3 is 19.6 Å². The minimum absolute atomic E-state index is 0.00563. The molecule has 3 N–H and O–H groups in total. The molecule has 0 bridgehead atoms. The summed E-state index contributed by atoms with van der Waals surface area (Å²) in [4.78, 5) is 15.6. The molecule has 0 unspecified atom stereocenters. The lowest BCUT2D eigenvalue weighted by atomic mass is 10.3. The number of hydrogen-bond acceptors (Lipinski definition) is 5. The minimum atomic E-state index is 0.00563. The van der Waals surface area contributed by atoms with E-state index in [-0.39, 0.29) is 5.91 Å². The Labute approximate surface area is 96.4 Å². The standard InChI is InChI=1S/C10H22N2O4/c1-14-8-9-15-7-4-10(13)12-5-2-3-6-16-11/h2-9,11H2,1H3,(H,12,13). The highest BCUT2D eigenvalue weighted by molar-refractivity contribution is 5.75. The van der Waals surface area contributed by atoms with E-state index in [1.165, 1.54) is 0 Å². The Morgan fingerprint density at radius 1 is 1.19 bits per heavy atom. The normalized spacial score (nSPS) is 10.4. The lowest BCUT2D eigenvalue weighted by Crippen LogP contribution is -2.25. The fraction of sp³-hybridized carbons (Fsp3) is 0.900. The zero-order valence-corrected chi connectivity index (χ0v) is 9.87. The van der Waals surface area contributed by atoms with E-state index in [1.54, 1.807) is 7.11 Å². The van der Waals surface area contributed by atoms with Gasteiger partial charge in [0.2, 0.25) is 5.91 Å². The third kappa shape index (κ3) is 11.4. The number of carbonyl (C=O) groups excluding carboxylic acids is 1. The first-order chi connectivity index (χ1) is 7.81. The molecule has 16 heavy (non-hydrogen) atoms. The van der Waals surface area contributed by atoms with Crippen LogP contribution in [-0.2, 0) is 19.1 Å². The highest BCUT2D eigenvalue weighted by atomic mass is 16.6. The van der Waals surface area contributed by atoms with Crippen molar-refractivity contribution < 1.29 is 19.1 Å². The van der Waals surface area contributed by atoms with E-state index in [4.69, 9.17) is 15.4 Å². The van der Waals surface area contributed by atoms with Gasteiger partial charge in [-0.2, -0.15) is 0 Å². The van der Waals surface area contributed by atoms with Crippen LogP contribution in [0.1, 0.15) is 19.3 Å². The van der Waals surface area contributed by atoms with Crippen LogP contribution in [0.5, 0.6) is 0 Å². The summed E-state index contributed by atoms with van der Waals surface area (Å²) in [7, 11) is 1.61. The van der Waals surface area contributed by atoms with Gasteiger partial charge in [0.1, 0.15) is 0 Å². The molecule has 0 aliphatic rings. The predicted molar refractivity (Wildman–Crippen MR) is 59.7 cm³/mol. The highest BCUT2D eigenvalue weighted by Crippen LogP contribution is 1.88. The van der Waals surface area contributed by atoms with Crippen molar-refractivity contribution in [3.8, 4) is 0 Å². The van der Waals surface area contributed by atoms with Gasteiger partial charge in [0.05, 0.1) is 26.4 Å². The van der Waals surface area contributed by atoms with Crippen molar-refractivity contribution in [3.05, 3.63) is 0 Å². The van der Waals surface area contributed by atoms with E-state index in [9.17, 15) is 4.79 Å². The second-order valence-corrected chi connectivity index (χ2v) is 3.28. The van der Waals surface area contributed by atoms with Gasteiger partial charge in [-0.3, -0.25) is 4.79 Å². The number of amides is 1. The van der Waals surface area contributed by atoms with Gasteiger partial charge in [-0.05, 0) is 12.8 Å². The van der Waals surface area contributed by atoms with E-state index in [0.717, 1.165) is 12.8 Å². The van der Waals surface area contributed by atoms with Crippen molar-refractivity contribution in [2.75, 3.05) is 40.1 Å². The summed E-state index contributed by atoms with van der Waals surface area (Å²) in [5, 5.41) is 2.79. The first-order valence-corrected chi connectivity index (χ1v) is 5.46. The van der Waals surface area contributed by atoms with E-state index in [2.05, 4.69) is 10.2 Å². The van der Waals surface area contributed by atoms with Crippen molar-refractivity contribution in [3.63, 3.8) is 0 Å². The summed E-state index contributed by atoms with van der Waals surface area (Å²) in [6.07, 6.45) is 2.10. The third-order valence-electron chi connectivity index (χ3n) is 1.92. The van der Waals surface area contributed by atoms with Crippen molar-refractivity contribution in [1.82, 2.24) is 5.32 Å². The van der Waals surface area contributed by atoms with Gasteiger partial charge in [-0.1, -0.05) is 0 Å². The highest BCUT2D eigenvalue weighted by Gasteiger charge is 1.99. The topological polar surface area (TPSA) is 82.8 Å². The molecule has 0 rings (SSSR count). The number of methoxy groups -OCH3 is 1. The Balaban J connectivity index is 3.12. The van der Waals surface area contributed by atoms with Gasteiger partial charge in [-0.15, -0.1) is 0 Å². The molecule has 0 fully saturated rings. The molecular weight excluding hydrogens is 212 g/mol. The largest absolute Gasteiger partial charge is 0.382 e. The second-order valence-electron chi connectivity index (χ2n) is 3.28. The zero-order valence-electron chi connectivity index (χ0n) is 9.87. The predicted octanol–water partition coefficient (Wildman–Crippen LogP) is -0.174. The number of unbranched alkanes of at least 4 members (excludes halogenated alkanes) is 1. The Bertz CT molecular complexity index is 151. The van der Waals surface area contributed by atoms with Gasteiger partial charge in [0.25, 0.3) is 0 Å². The summed E-state index contributed by atoms with van der Waals surface area (Å²) in [6, 6.07) is 0. The molecule has 0 heterocycles. The fourth-order valence-electron chi connectivity index (χ4n) is 1.04. The summed E-state index contributed by atoms with van der Waals surface area (Å²) in [6.45, 7) is 2.69. The lowest BCUT2D eigenvalue weighted by Gasteiger charge is -2.05. The van der Waals surface area contributed by atoms with Gasteiger partial charge in [0, 0.05) is 20.1 Å². The smallest absolute Gasteiger partial charge is 0.222 e. The average Bonchev–Trinajstić information content (AvgIpc) is 2.28. The Morgan fingerprint density at radius 2 is 2.00 bits per heavy atom. The van der Waals surface area contributed by atoms with Crippen molar-refractivity contribution in [2.24, 2.45) is 5.90 Å². The number of carbonyl (C=O) groups is 1. The van der Waals surface area contributed by atoms with Crippen molar-refractivity contribution in [2.45, 2.75) is 19.3 Å². The van der Waals surface area contributed by atoms with Crippen molar-refractivity contribution >= 4 is 5.91 Å². The molecule has 0 saturated carbocycles. The van der Waals surface area contributed by atoms with E-state index in [0.29, 0.717) is 39.4 Å². The summed E-state index contributed by atoms with van der Waals surface area (Å²) < 4.78 is 9.97. The summed E-state index contributed by atoms with van der Waals surface area (Å²) in [5.74, 6) is 4.87. The van der Waals surface area contributed by atoms with Crippen LogP contribution in [0.4, 0.5) is 0 Å². The molecule has 0 aromatic carbocycles. The van der Waals surface area contributed by atoms with Crippen LogP contribution in [0.15, 0.2) is 0 Å². The van der Waals surface area contributed by atoms with Crippen LogP contribution in [0.25, 0.3) is 0 Å². The minimum Gasteiger partial charge on any atom is -0.382 e. The van der Waals surface area contributed by atoms with Crippen LogP contribution in [0.2, 0.25) is 0 Å². The second kappa shape index (κ2) is 12.4. The maximum atomic E-state index is 11.2. The number of hydrogen-bond donors (Lipinski definition) is 2. The molecule has 0 radical (unpaired) electrons. The van der Waals surface area contributed by atoms with Gasteiger partial charge >= 0.3 is 0 Å². The molecule has 6 nitrogen and oxygen atoms in total. The quantitative estimate of drug-likeness (QED) is 0.383. The van der Waals surface area contributed by atoms with E-state index >= 15 is 0 Å². The molecule has 0 atom stereocenters. The monoisotopic (exact) mass is 234 g/mol. The molecule has 0 saturated heterocycles. The SMILES string of the molecule is COCCOCCC(=O)NCCCCON. The molecule has 0 spiro atoms. The van der Waals surface area contributed by atoms with Crippen LogP contribution >= 0.6 is 0 Å². The maximum Gasteiger partial charge on any atom is 0.222 e. The number of ether oxygens (including phenoxy) is 2. The molecule has 6 heteroatoms. The maximum absolute atomic E-state index is 11.2. The summed E-state index contributed by atoms with van der Waals surface area (Å²) in [5.41, 5.74) is 0. The first kappa shape index (κ1) is 15.3.